The van der Waals surface area contributed by atoms with Crippen LogP contribution in [0.1, 0.15) is 28.9 Å². The largest absolute Gasteiger partial charge is 0.452 e. The number of esters is 1. The van der Waals surface area contributed by atoms with E-state index in [1.54, 1.807) is 24.3 Å². The van der Waals surface area contributed by atoms with Gasteiger partial charge in [0.15, 0.2) is 6.61 Å². The molecule has 0 unspecified atom stereocenters. The SMILES string of the molecule is C[C@@H](NC(=O)COC(=O)c1ccccc1NCCO)c1ccccc1. The van der Waals surface area contributed by atoms with Crippen LogP contribution < -0.4 is 10.6 Å². The van der Waals surface area contributed by atoms with Gasteiger partial charge in [0.2, 0.25) is 0 Å². The second kappa shape index (κ2) is 9.44. The van der Waals surface area contributed by atoms with Crippen molar-refractivity contribution in [1.82, 2.24) is 5.32 Å². The van der Waals surface area contributed by atoms with Crippen LogP contribution in [0.5, 0.6) is 0 Å². The van der Waals surface area contributed by atoms with Crippen molar-refractivity contribution in [3.05, 3.63) is 65.7 Å². The molecule has 0 saturated carbocycles. The molecule has 0 spiro atoms. The molecule has 0 bridgehead atoms. The Labute approximate surface area is 146 Å². The monoisotopic (exact) mass is 342 g/mol. The fourth-order valence-corrected chi connectivity index (χ4v) is 2.32. The van der Waals surface area contributed by atoms with Gasteiger partial charge in [-0.1, -0.05) is 42.5 Å². The van der Waals surface area contributed by atoms with Crippen molar-refractivity contribution in [2.24, 2.45) is 0 Å². The summed E-state index contributed by atoms with van der Waals surface area (Å²) in [7, 11) is 0. The molecular weight excluding hydrogens is 320 g/mol. The average Bonchev–Trinajstić information content (AvgIpc) is 2.65. The number of nitrogens with one attached hydrogen (secondary N) is 2. The van der Waals surface area contributed by atoms with E-state index in [2.05, 4.69) is 10.6 Å². The van der Waals surface area contributed by atoms with E-state index >= 15 is 0 Å². The van der Waals surface area contributed by atoms with Gasteiger partial charge in [0.1, 0.15) is 0 Å². The number of para-hydroxylation sites is 1. The van der Waals surface area contributed by atoms with E-state index in [9.17, 15) is 9.59 Å². The van der Waals surface area contributed by atoms with Crippen LogP contribution >= 0.6 is 0 Å². The Hall–Kier alpha value is -2.86. The van der Waals surface area contributed by atoms with Gasteiger partial charge >= 0.3 is 5.97 Å². The van der Waals surface area contributed by atoms with Crippen molar-refractivity contribution in [1.29, 1.82) is 0 Å². The highest BCUT2D eigenvalue weighted by Crippen LogP contribution is 2.16. The number of hydrogen-bond acceptors (Lipinski definition) is 5. The molecule has 0 aliphatic carbocycles. The van der Waals surface area contributed by atoms with Gasteiger partial charge in [0.05, 0.1) is 18.2 Å². The number of carbonyl (C=O) groups excluding carboxylic acids is 2. The Kier molecular flexibility index (Phi) is 6.98. The van der Waals surface area contributed by atoms with E-state index in [0.717, 1.165) is 5.56 Å². The topological polar surface area (TPSA) is 87.7 Å². The first kappa shape index (κ1) is 18.5. The molecule has 3 N–H and O–H groups in total. The first-order chi connectivity index (χ1) is 12.1. The van der Waals surface area contributed by atoms with Crippen molar-refractivity contribution in [3.8, 4) is 0 Å². The van der Waals surface area contributed by atoms with Gasteiger partial charge in [0, 0.05) is 12.2 Å². The van der Waals surface area contributed by atoms with E-state index < -0.39 is 5.97 Å². The smallest absolute Gasteiger partial charge is 0.340 e. The second-order valence-corrected chi connectivity index (χ2v) is 5.47. The summed E-state index contributed by atoms with van der Waals surface area (Å²) in [6, 6.07) is 16.1. The quantitative estimate of drug-likeness (QED) is 0.640. The minimum Gasteiger partial charge on any atom is -0.452 e. The molecule has 0 radical (unpaired) electrons. The van der Waals surface area contributed by atoms with Crippen molar-refractivity contribution in [2.45, 2.75) is 13.0 Å². The highest BCUT2D eigenvalue weighted by Gasteiger charge is 2.15. The third-order valence-electron chi connectivity index (χ3n) is 3.59. The zero-order valence-electron chi connectivity index (χ0n) is 14.1. The number of hydrogen-bond donors (Lipinski definition) is 3. The Balaban J connectivity index is 1.88. The molecule has 25 heavy (non-hydrogen) atoms. The first-order valence-corrected chi connectivity index (χ1v) is 8.07. The average molecular weight is 342 g/mol. The van der Waals surface area contributed by atoms with E-state index in [1.165, 1.54) is 0 Å². The molecule has 6 nitrogen and oxygen atoms in total. The van der Waals surface area contributed by atoms with Crippen LogP contribution in [0.25, 0.3) is 0 Å². The van der Waals surface area contributed by atoms with Crippen molar-refractivity contribution >= 4 is 17.6 Å². The summed E-state index contributed by atoms with van der Waals surface area (Å²) in [5.74, 6) is -0.964. The van der Waals surface area contributed by atoms with E-state index in [1.807, 2.05) is 37.3 Å². The normalized spacial score (nSPS) is 11.4. The predicted molar refractivity (Wildman–Crippen MR) is 95.3 cm³/mol. The molecule has 0 fully saturated rings. The van der Waals surface area contributed by atoms with Gasteiger partial charge < -0.3 is 20.5 Å². The third kappa shape index (κ3) is 5.61. The molecule has 0 aromatic heterocycles. The minimum atomic E-state index is -0.594. The van der Waals surface area contributed by atoms with Gasteiger partial charge in [-0.2, -0.15) is 0 Å². The maximum atomic E-state index is 12.2. The van der Waals surface area contributed by atoms with Crippen LogP contribution in [0.2, 0.25) is 0 Å². The number of anilines is 1. The van der Waals surface area contributed by atoms with Crippen molar-refractivity contribution < 1.29 is 19.4 Å². The lowest BCUT2D eigenvalue weighted by molar-refractivity contribution is -0.124. The highest BCUT2D eigenvalue weighted by atomic mass is 16.5. The van der Waals surface area contributed by atoms with Gasteiger partial charge in [0.25, 0.3) is 5.91 Å². The lowest BCUT2D eigenvalue weighted by Gasteiger charge is -2.15. The zero-order chi connectivity index (χ0) is 18.1. The van der Waals surface area contributed by atoms with Gasteiger partial charge in [-0.3, -0.25) is 4.79 Å². The molecule has 2 rings (SSSR count). The van der Waals surface area contributed by atoms with E-state index in [4.69, 9.17) is 9.84 Å². The number of ether oxygens (including phenoxy) is 1. The van der Waals surface area contributed by atoms with Crippen LogP contribution in [0.4, 0.5) is 5.69 Å². The van der Waals surface area contributed by atoms with E-state index in [-0.39, 0.29) is 25.2 Å². The fourth-order valence-electron chi connectivity index (χ4n) is 2.32. The molecule has 1 amide bonds. The van der Waals surface area contributed by atoms with Crippen LogP contribution in [0, 0.1) is 0 Å². The summed E-state index contributed by atoms with van der Waals surface area (Å²) in [5, 5.41) is 14.6. The molecule has 0 aliphatic rings. The number of aliphatic hydroxyl groups is 1. The van der Waals surface area contributed by atoms with Crippen LogP contribution in [0.3, 0.4) is 0 Å². The number of aliphatic hydroxyl groups excluding tert-OH is 1. The van der Waals surface area contributed by atoms with Crippen molar-refractivity contribution in [2.75, 3.05) is 25.1 Å². The standard InChI is InChI=1S/C19H22N2O4/c1-14(15-7-3-2-4-8-15)21-18(23)13-25-19(24)16-9-5-6-10-17(16)20-11-12-22/h2-10,14,20,22H,11-13H2,1H3,(H,21,23)/t14-/m1/s1. The molecule has 1 atom stereocenters. The number of rotatable bonds is 8. The predicted octanol–water partition coefficient (Wildman–Crippen LogP) is 2.12. The lowest BCUT2D eigenvalue weighted by Crippen LogP contribution is -2.31. The second-order valence-electron chi connectivity index (χ2n) is 5.47. The van der Waals surface area contributed by atoms with Gasteiger partial charge in [-0.25, -0.2) is 4.79 Å². The van der Waals surface area contributed by atoms with Crippen LogP contribution in [-0.4, -0.2) is 36.7 Å². The fraction of sp³-hybridized carbons (Fsp3) is 0.263. The van der Waals surface area contributed by atoms with Crippen LogP contribution in [0.15, 0.2) is 54.6 Å². The molecule has 2 aromatic rings. The first-order valence-electron chi connectivity index (χ1n) is 8.07. The van der Waals surface area contributed by atoms with Crippen molar-refractivity contribution in [3.63, 3.8) is 0 Å². The summed E-state index contributed by atoms with van der Waals surface area (Å²) in [6.07, 6.45) is 0. The maximum Gasteiger partial charge on any atom is 0.340 e. The molecular formula is C19H22N2O4. The lowest BCUT2D eigenvalue weighted by atomic mass is 10.1. The summed E-state index contributed by atoms with van der Waals surface area (Å²) >= 11 is 0. The Morgan fingerprint density at radius 3 is 2.48 bits per heavy atom. The molecule has 6 heteroatoms. The van der Waals surface area contributed by atoms with Crippen LogP contribution in [-0.2, 0) is 9.53 Å². The maximum absolute atomic E-state index is 12.2. The van der Waals surface area contributed by atoms with Gasteiger partial charge in [-0.15, -0.1) is 0 Å². The summed E-state index contributed by atoms with van der Waals surface area (Å²) < 4.78 is 5.09. The molecule has 0 aliphatic heterocycles. The van der Waals surface area contributed by atoms with Gasteiger partial charge in [-0.05, 0) is 24.6 Å². The summed E-state index contributed by atoms with van der Waals surface area (Å²) in [5.41, 5.74) is 1.85. The number of amides is 1. The van der Waals surface area contributed by atoms with E-state index in [0.29, 0.717) is 17.8 Å². The molecule has 0 heterocycles. The summed E-state index contributed by atoms with van der Waals surface area (Å²) in [6.45, 7) is 1.77. The Bertz CT molecular complexity index is 704. The number of benzene rings is 2. The summed E-state index contributed by atoms with van der Waals surface area (Å²) in [4.78, 5) is 24.2. The molecule has 2 aromatic carbocycles. The third-order valence-corrected chi connectivity index (χ3v) is 3.59. The molecule has 132 valence electrons. The zero-order valence-corrected chi connectivity index (χ0v) is 14.1. The minimum absolute atomic E-state index is 0.0524. The highest BCUT2D eigenvalue weighted by molar-refractivity contribution is 5.96. The molecule has 0 saturated heterocycles. The Morgan fingerprint density at radius 1 is 1.08 bits per heavy atom. The Morgan fingerprint density at radius 2 is 1.76 bits per heavy atom. The number of carbonyl (C=O) groups is 2.